The van der Waals surface area contributed by atoms with E-state index in [2.05, 4.69) is 10.5 Å². The molecule has 170 valence electrons. The quantitative estimate of drug-likeness (QED) is 0.319. The van der Waals surface area contributed by atoms with Crippen LogP contribution in [0.15, 0.2) is 16.4 Å². The van der Waals surface area contributed by atoms with E-state index in [9.17, 15) is 24.3 Å². The van der Waals surface area contributed by atoms with Gasteiger partial charge in [-0.2, -0.15) is 0 Å². The van der Waals surface area contributed by atoms with E-state index >= 15 is 0 Å². The van der Waals surface area contributed by atoms with Gasteiger partial charge in [0.25, 0.3) is 5.91 Å². The first-order valence-electron chi connectivity index (χ1n) is 10.3. The third kappa shape index (κ3) is 5.38. The zero-order valence-corrected chi connectivity index (χ0v) is 18.4. The summed E-state index contributed by atoms with van der Waals surface area (Å²) in [7, 11) is 0. The van der Waals surface area contributed by atoms with Crippen LogP contribution >= 0.6 is 11.8 Å². The number of nitrogens with one attached hydrogen (secondary N) is 1. The predicted molar refractivity (Wildman–Crippen MR) is 112 cm³/mol. The third-order valence-corrected chi connectivity index (χ3v) is 6.73. The van der Waals surface area contributed by atoms with Crippen LogP contribution in [0.3, 0.4) is 0 Å². The molecule has 0 unspecified atom stereocenters. The second-order valence-corrected chi connectivity index (χ2v) is 8.95. The molecule has 0 aromatic rings. The molecule has 2 N–H and O–H groups in total. The Hall–Kier alpha value is -2.56. The SMILES string of the molecule is CC(=O)OCC1=C(C(=O)O)N2C(=O)[C@@H](NC(=O)[C@@H](C)CON=C3CCCCC3)[C@H]2SC1. The van der Waals surface area contributed by atoms with Crippen LogP contribution in [0.25, 0.3) is 0 Å². The van der Waals surface area contributed by atoms with Crippen LogP contribution in [0, 0.1) is 5.92 Å². The minimum atomic E-state index is -1.27. The van der Waals surface area contributed by atoms with Crippen molar-refractivity contribution in [2.45, 2.75) is 57.4 Å². The van der Waals surface area contributed by atoms with Gasteiger partial charge in [-0.15, -0.1) is 11.8 Å². The first-order chi connectivity index (χ1) is 14.8. The average Bonchev–Trinajstić information content (AvgIpc) is 2.75. The van der Waals surface area contributed by atoms with Gasteiger partial charge in [-0.3, -0.25) is 19.3 Å². The molecule has 1 saturated heterocycles. The number of esters is 1. The Morgan fingerprint density at radius 2 is 2.00 bits per heavy atom. The number of amides is 2. The van der Waals surface area contributed by atoms with E-state index in [4.69, 9.17) is 9.57 Å². The topological polar surface area (TPSA) is 135 Å². The van der Waals surface area contributed by atoms with E-state index in [-0.39, 0.29) is 30.6 Å². The van der Waals surface area contributed by atoms with Crippen molar-refractivity contribution in [2.24, 2.45) is 11.1 Å². The molecule has 11 heteroatoms. The zero-order chi connectivity index (χ0) is 22.5. The van der Waals surface area contributed by atoms with E-state index in [1.807, 2.05) is 0 Å². The van der Waals surface area contributed by atoms with Gasteiger partial charge >= 0.3 is 11.9 Å². The molecule has 2 amide bonds. The number of oxime groups is 1. The second kappa shape index (κ2) is 10.2. The summed E-state index contributed by atoms with van der Waals surface area (Å²) in [6, 6.07) is -0.811. The Labute approximate surface area is 184 Å². The second-order valence-electron chi connectivity index (χ2n) is 7.85. The van der Waals surface area contributed by atoms with Gasteiger partial charge in [0, 0.05) is 18.2 Å². The van der Waals surface area contributed by atoms with Crippen LogP contribution in [-0.2, 0) is 28.8 Å². The standard InChI is InChI=1S/C20H27N3O7S/c1-11(8-30-22-14-6-4-3-5-7-14)17(25)21-15-18(26)23-16(20(27)28)13(9-29-12(2)24)10-31-19(15)23/h11,15,19H,3-10H2,1-2H3,(H,21,25)(H,27,28)/t11-,15+,19+/m0/s1. The van der Waals surface area contributed by atoms with Crippen LogP contribution in [0.2, 0.25) is 0 Å². The highest BCUT2D eigenvalue weighted by molar-refractivity contribution is 8.00. The van der Waals surface area contributed by atoms with Crippen molar-refractivity contribution < 1.29 is 33.9 Å². The first kappa shape index (κ1) is 23.1. The van der Waals surface area contributed by atoms with E-state index in [0.717, 1.165) is 36.3 Å². The number of carbonyl (C=O) groups excluding carboxylic acids is 3. The van der Waals surface area contributed by atoms with Crippen molar-refractivity contribution >= 4 is 41.2 Å². The molecule has 2 heterocycles. The highest BCUT2D eigenvalue weighted by atomic mass is 32.2. The summed E-state index contributed by atoms with van der Waals surface area (Å²) in [6.45, 7) is 2.83. The summed E-state index contributed by atoms with van der Waals surface area (Å²) >= 11 is 1.32. The summed E-state index contributed by atoms with van der Waals surface area (Å²) < 4.78 is 4.90. The van der Waals surface area contributed by atoms with Crippen molar-refractivity contribution in [3.05, 3.63) is 11.3 Å². The first-order valence-corrected chi connectivity index (χ1v) is 11.4. The summed E-state index contributed by atoms with van der Waals surface area (Å²) in [5.41, 5.74) is 1.19. The monoisotopic (exact) mass is 453 g/mol. The Kier molecular flexibility index (Phi) is 7.58. The van der Waals surface area contributed by atoms with Gasteiger partial charge in [0.2, 0.25) is 5.91 Å². The Morgan fingerprint density at radius 1 is 1.29 bits per heavy atom. The largest absolute Gasteiger partial charge is 0.477 e. The molecule has 0 aromatic carbocycles. The van der Waals surface area contributed by atoms with E-state index in [0.29, 0.717) is 5.57 Å². The number of carboxylic acids is 1. The number of fused-ring (bicyclic) bond motifs is 1. The normalized spacial score (nSPS) is 24.0. The van der Waals surface area contributed by atoms with E-state index in [1.54, 1.807) is 6.92 Å². The molecule has 1 aliphatic carbocycles. The number of nitrogens with zero attached hydrogens (tertiary/aromatic N) is 2. The molecule has 0 spiro atoms. The zero-order valence-electron chi connectivity index (χ0n) is 17.6. The lowest BCUT2D eigenvalue weighted by Gasteiger charge is -2.49. The highest BCUT2D eigenvalue weighted by Crippen LogP contribution is 2.40. The van der Waals surface area contributed by atoms with Gasteiger partial charge in [0.05, 0.1) is 11.6 Å². The number of thioether (sulfide) groups is 1. The Balaban J connectivity index is 1.55. The molecule has 3 atom stereocenters. The molecule has 3 rings (SSSR count). The van der Waals surface area contributed by atoms with Crippen LogP contribution in [-0.4, -0.2) is 69.9 Å². The van der Waals surface area contributed by atoms with E-state index in [1.165, 1.54) is 25.1 Å². The number of rotatable bonds is 8. The fourth-order valence-corrected chi connectivity index (χ4v) is 4.97. The maximum Gasteiger partial charge on any atom is 0.352 e. The van der Waals surface area contributed by atoms with Crippen molar-refractivity contribution in [1.82, 2.24) is 10.2 Å². The fraction of sp³-hybridized carbons (Fsp3) is 0.650. The minimum absolute atomic E-state index is 0.102. The van der Waals surface area contributed by atoms with Gasteiger partial charge in [-0.25, -0.2) is 4.79 Å². The summed E-state index contributed by atoms with van der Waals surface area (Å²) in [5, 5.41) is 15.9. The van der Waals surface area contributed by atoms with E-state index < -0.39 is 35.2 Å². The van der Waals surface area contributed by atoms with Gasteiger partial charge in [0.15, 0.2) is 0 Å². The molecular formula is C20H27N3O7S. The number of carbonyl (C=O) groups is 4. The van der Waals surface area contributed by atoms with Gasteiger partial charge in [-0.1, -0.05) is 18.5 Å². The molecule has 3 aliphatic rings. The maximum atomic E-state index is 12.6. The maximum absolute atomic E-state index is 12.6. The average molecular weight is 454 g/mol. The molecule has 2 aliphatic heterocycles. The molecule has 0 aromatic heterocycles. The minimum Gasteiger partial charge on any atom is -0.477 e. The van der Waals surface area contributed by atoms with Gasteiger partial charge in [0.1, 0.15) is 30.3 Å². The Bertz CT molecular complexity index is 818. The summed E-state index contributed by atoms with van der Waals surface area (Å²) in [6.07, 6.45) is 5.25. The lowest BCUT2D eigenvalue weighted by molar-refractivity contribution is -0.151. The summed E-state index contributed by atoms with van der Waals surface area (Å²) in [5.74, 6) is -2.89. The van der Waals surface area contributed by atoms with Crippen molar-refractivity contribution in [2.75, 3.05) is 19.0 Å². The smallest absolute Gasteiger partial charge is 0.352 e. The molecule has 10 nitrogen and oxygen atoms in total. The van der Waals surface area contributed by atoms with Crippen molar-refractivity contribution in [3.8, 4) is 0 Å². The fourth-order valence-electron chi connectivity index (χ4n) is 3.65. The number of hydrogen-bond donors (Lipinski definition) is 2. The van der Waals surface area contributed by atoms with Crippen molar-refractivity contribution in [1.29, 1.82) is 0 Å². The van der Waals surface area contributed by atoms with Gasteiger partial charge < -0.3 is 20.0 Å². The highest BCUT2D eigenvalue weighted by Gasteiger charge is 2.54. The third-order valence-electron chi connectivity index (χ3n) is 5.39. The van der Waals surface area contributed by atoms with Crippen LogP contribution in [0.1, 0.15) is 46.0 Å². The number of carboxylic acid groups (broad SMARTS) is 1. The predicted octanol–water partition coefficient (Wildman–Crippen LogP) is 1.26. The molecule has 1 saturated carbocycles. The van der Waals surface area contributed by atoms with Crippen LogP contribution in [0.5, 0.6) is 0 Å². The van der Waals surface area contributed by atoms with Crippen LogP contribution < -0.4 is 5.32 Å². The van der Waals surface area contributed by atoms with Gasteiger partial charge in [-0.05, 0) is 25.7 Å². The Morgan fingerprint density at radius 3 is 2.65 bits per heavy atom. The summed E-state index contributed by atoms with van der Waals surface area (Å²) in [4.78, 5) is 54.4. The van der Waals surface area contributed by atoms with Crippen LogP contribution in [0.4, 0.5) is 0 Å². The molecule has 0 radical (unpaired) electrons. The number of ether oxygens (including phenoxy) is 1. The molecular weight excluding hydrogens is 426 g/mol. The molecule has 31 heavy (non-hydrogen) atoms. The lowest BCUT2D eigenvalue weighted by Crippen LogP contribution is -2.71. The van der Waals surface area contributed by atoms with Crippen molar-refractivity contribution in [3.63, 3.8) is 0 Å². The lowest BCUT2D eigenvalue weighted by atomic mass is 9.99. The molecule has 0 bridgehead atoms. The molecule has 2 fully saturated rings. The number of β-lactam (4-membered cyclic amide) rings is 1. The number of aliphatic carboxylic acids is 1. The number of hydrogen-bond acceptors (Lipinski definition) is 8.